The Hall–Kier alpha value is -1.65. The number of hydrogen-bond donors (Lipinski definition) is 0. The van der Waals surface area contributed by atoms with Crippen LogP contribution >= 0.6 is 0 Å². The van der Waals surface area contributed by atoms with Crippen LogP contribution in [0.15, 0.2) is 36.4 Å². The molecule has 0 amide bonds. The van der Waals surface area contributed by atoms with Crippen LogP contribution in [0.2, 0.25) is 0 Å². The molecule has 0 N–H and O–H groups in total. The highest BCUT2D eigenvalue weighted by molar-refractivity contribution is 6.33. The predicted octanol–water partition coefficient (Wildman–Crippen LogP) is 2.53. The molecule has 0 saturated carbocycles. The van der Waals surface area contributed by atoms with E-state index >= 15 is 0 Å². The van der Waals surface area contributed by atoms with E-state index in [1.165, 1.54) is 18.2 Å². The Morgan fingerprint density at radius 2 is 1.81 bits per heavy atom. The number of alkyl halides is 3. The zero-order valence-electron chi connectivity index (χ0n) is 8.08. The summed E-state index contributed by atoms with van der Waals surface area (Å²) in [5, 5.41) is 0.996. The largest absolute Gasteiger partial charge is 0.573 e. The van der Waals surface area contributed by atoms with Gasteiger partial charge in [0.1, 0.15) is 13.6 Å². The summed E-state index contributed by atoms with van der Waals surface area (Å²) < 4.78 is 40.3. The van der Waals surface area contributed by atoms with Crippen molar-refractivity contribution in [3.8, 4) is 5.75 Å². The quantitative estimate of drug-likeness (QED) is 0.673. The van der Waals surface area contributed by atoms with Gasteiger partial charge in [-0.2, -0.15) is 0 Å². The minimum atomic E-state index is -4.70. The summed E-state index contributed by atoms with van der Waals surface area (Å²) in [6, 6.07) is 9.18. The molecule has 0 unspecified atom stereocenters. The Morgan fingerprint density at radius 3 is 2.50 bits per heavy atom. The maximum Gasteiger partial charge on any atom is 0.573 e. The number of rotatable bonds is 1. The van der Waals surface area contributed by atoms with Crippen LogP contribution in [-0.4, -0.2) is 14.2 Å². The summed E-state index contributed by atoms with van der Waals surface area (Å²) in [5.74, 6) is -0.239. The molecule has 0 aromatic heterocycles. The van der Waals surface area contributed by atoms with E-state index in [1.54, 1.807) is 18.2 Å². The highest BCUT2D eigenvalue weighted by atomic mass is 19.4. The van der Waals surface area contributed by atoms with E-state index in [0.29, 0.717) is 16.2 Å². The fraction of sp³-hybridized carbons (Fsp3) is 0.0909. The summed E-state index contributed by atoms with van der Waals surface area (Å²) in [4.78, 5) is 0. The Balaban J connectivity index is 2.56. The second-order valence-electron chi connectivity index (χ2n) is 3.28. The summed E-state index contributed by atoms with van der Waals surface area (Å²) in [7, 11) is 5.52. The monoisotopic (exact) mass is 222 g/mol. The molecule has 0 saturated heterocycles. The minimum Gasteiger partial charge on any atom is -0.405 e. The number of hydrogen-bond acceptors (Lipinski definition) is 1. The van der Waals surface area contributed by atoms with Crippen LogP contribution in [0.25, 0.3) is 10.8 Å². The number of halogens is 3. The van der Waals surface area contributed by atoms with Gasteiger partial charge in [-0.25, -0.2) is 0 Å². The Morgan fingerprint density at radius 1 is 1.06 bits per heavy atom. The molecular formula is C11H6BF3O. The second-order valence-corrected chi connectivity index (χ2v) is 3.28. The van der Waals surface area contributed by atoms with E-state index in [4.69, 9.17) is 7.85 Å². The van der Waals surface area contributed by atoms with E-state index in [-0.39, 0.29) is 5.75 Å². The van der Waals surface area contributed by atoms with E-state index < -0.39 is 6.36 Å². The topological polar surface area (TPSA) is 9.23 Å². The first-order chi connectivity index (χ1) is 7.46. The first kappa shape index (κ1) is 10.9. The summed E-state index contributed by atoms with van der Waals surface area (Å²) in [6.07, 6.45) is -4.70. The third-order valence-corrected chi connectivity index (χ3v) is 2.09. The number of fused-ring (bicyclic) bond motifs is 1. The van der Waals surface area contributed by atoms with Crippen LogP contribution in [0, 0.1) is 0 Å². The molecule has 2 radical (unpaired) electrons. The van der Waals surface area contributed by atoms with Crippen LogP contribution in [0.4, 0.5) is 13.2 Å². The van der Waals surface area contributed by atoms with Crippen molar-refractivity contribution in [1.82, 2.24) is 0 Å². The minimum absolute atomic E-state index is 0.239. The highest BCUT2D eigenvalue weighted by Gasteiger charge is 2.31. The van der Waals surface area contributed by atoms with Gasteiger partial charge in [-0.05, 0) is 11.5 Å². The molecule has 0 heterocycles. The molecule has 5 heteroatoms. The molecule has 0 spiro atoms. The molecule has 1 nitrogen and oxygen atoms in total. The number of benzene rings is 2. The molecule has 0 atom stereocenters. The predicted molar refractivity (Wildman–Crippen MR) is 56.0 cm³/mol. The lowest BCUT2D eigenvalue weighted by Crippen LogP contribution is -2.17. The Labute approximate surface area is 91.2 Å². The SMILES string of the molecule is [B]c1ccc2cccc(OC(F)(F)F)c2c1. The lowest BCUT2D eigenvalue weighted by molar-refractivity contribution is -0.274. The number of ether oxygens (including phenoxy) is 1. The molecule has 0 aliphatic carbocycles. The normalized spacial score (nSPS) is 11.7. The lowest BCUT2D eigenvalue weighted by Gasteiger charge is -2.11. The van der Waals surface area contributed by atoms with Crippen LogP contribution in [-0.2, 0) is 0 Å². The van der Waals surface area contributed by atoms with Crippen LogP contribution in [0.3, 0.4) is 0 Å². The average Bonchev–Trinajstić information content (AvgIpc) is 2.17. The maximum absolute atomic E-state index is 12.1. The highest BCUT2D eigenvalue weighted by Crippen LogP contribution is 2.29. The van der Waals surface area contributed by atoms with Crippen molar-refractivity contribution in [2.24, 2.45) is 0 Å². The molecule has 16 heavy (non-hydrogen) atoms. The Bertz CT molecular complexity index is 522. The van der Waals surface area contributed by atoms with Gasteiger partial charge < -0.3 is 4.74 Å². The standard InChI is InChI=1S/C11H6BF3O/c12-8-5-4-7-2-1-3-10(9(7)6-8)16-11(13,14)15/h1-6H. The van der Waals surface area contributed by atoms with Gasteiger partial charge >= 0.3 is 6.36 Å². The lowest BCUT2D eigenvalue weighted by atomic mass is 9.93. The van der Waals surface area contributed by atoms with Gasteiger partial charge in [-0.15, -0.1) is 13.2 Å². The van der Waals surface area contributed by atoms with Crippen molar-refractivity contribution in [3.05, 3.63) is 36.4 Å². The summed E-state index contributed by atoms with van der Waals surface area (Å²) in [6.45, 7) is 0. The molecule has 0 fully saturated rings. The van der Waals surface area contributed by atoms with E-state index in [1.807, 2.05) is 0 Å². The van der Waals surface area contributed by atoms with Gasteiger partial charge in [-0.3, -0.25) is 0 Å². The fourth-order valence-corrected chi connectivity index (χ4v) is 1.48. The average molecular weight is 222 g/mol. The molecule has 2 rings (SSSR count). The van der Waals surface area contributed by atoms with Crippen molar-refractivity contribution >= 4 is 24.1 Å². The van der Waals surface area contributed by atoms with Crippen molar-refractivity contribution in [3.63, 3.8) is 0 Å². The smallest absolute Gasteiger partial charge is 0.405 e. The van der Waals surface area contributed by atoms with Crippen molar-refractivity contribution in [2.75, 3.05) is 0 Å². The Kier molecular flexibility index (Phi) is 2.54. The van der Waals surface area contributed by atoms with Crippen molar-refractivity contribution in [2.45, 2.75) is 6.36 Å². The summed E-state index contributed by atoms with van der Waals surface area (Å²) in [5.41, 5.74) is 0.394. The zero-order chi connectivity index (χ0) is 11.8. The van der Waals surface area contributed by atoms with Gasteiger partial charge in [0.2, 0.25) is 0 Å². The van der Waals surface area contributed by atoms with Gasteiger partial charge in [0.05, 0.1) is 0 Å². The van der Waals surface area contributed by atoms with E-state index in [9.17, 15) is 13.2 Å². The molecule has 0 aliphatic heterocycles. The van der Waals surface area contributed by atoms with E-state index in [2.05, 4.69) is 4.74 Å². The summed E-state index contributed by atoms with van der Waals surface area (Å²) >= 11 is 0. The van der Waals surface area contributed by atoms with Gasteiger partial charge in [0, 0.05) is 5.39 Å². The second kappa shape index (κ2) is 3.74. The van der Waals surface area contributed by atoms with Crippen LogP contribution in [0.1, 0.15) is 0 Å². The molecule has 80 valence electrons. The molecule has 2 aromatic rings. The van der Waals surface area contributed by atoms with Crippen LogP contribution < -0.4 is 10.2 Å². The molecule has 0 aliphatic rings. The molecular weight excluding hydrogens is 216 g/mol. The van der Waals surface area contributed by atoms with Gasteiger partial charge in [0.25, 0.3) is 0 Å². The first-order valence-electron chi connectivity index (χ1n) is 4.50. The van der Waals surface area contributed by atoms with E-state index in [0.717, 1.165) is 0 Å². The first-order valence-corrected chi connectivity index (χ1v) is 4.50. The fourth-order valence-electron chi connectivity index (χ4n) is 1.48. The molecule has 0 bridgehead atoms. The van der Waals surface area contributed by atoms with Crippen LogP contribution in [0.5, 0.6) is 5.75 Å². The molecule has 2 aromatic carbocycles. The third-order valence-electron chi connectivity index (χ3n) is 2.09. The van der Waals surface area contributed by atoms with Crippen molar-refractivity contribution < 1.29 is 17.9 Å². The van der Waals surface area contributed by atoms with Crippen molar-refractivity contribution in [1.29, 1.82) is 0 Å². The van der Waals surface area contributed by atoms with Gasteiger partial charge in [0.15, 0.2) is 0 Å². The third kappa shape index (κ3) is 2.29. The maximum atomic E-state index is 12.1. The van der Waals surface area contributed by atoms with Gasteiger partial charge in [-0.1, -0.05) is 35.8 Å². The zero-order valence-corrected chi connectivity index (χ0v) is 8.08.